The number of anilines is 1. The molecule has 4 heterocycles. The third kappa shape index (κ3) is 2.20. The summed E-state index contributed by atoms with van der Waals surface area (Å²) >= 11 is 0. The van der Waals surface area contributed by atoms with Gasteiger partial charge in [-0.3, -0.25) is 0 Å². The Balaban J connectivity index is 1.77. The average molecular weight is 298 g/mol. The summed E-state index contributed by atoms with van der Waals surface area (Å²) in [5.41, 5.74) is 4.14. The normalized spacial score (nSPS) is 18.4. The van der Waals surface area contributed by atoms with E-state index in [0.29, 0.717) is 17.1 Å². The molecule has 22 heavy (non-hydrogen) atoms. The number of ether oxygens (including phenoxy) is 1. The van der Waals surface area contributed by atoms with Crippen LogP contribution in [0.2, 0.25) is 0 Å². The summed E-state index contributed by atoms with van der Waals surface area (Å²) in [5, 5.41) is 4.29. The number of fused-ring (bicyclic) bond motifs is 3. The molecule has 1 atom stereocenters. The second kappa shape index (κ2) is 5.21. The minimum absolute atomic E-state index is 0.247. The molecule has 114 valence electrons. The highest BCUT2D eigenvalue weighted by Crippen LogP contribution is 2.32. The van der Waals surface area contributed by atoms with Crippen LogP contribution in [0.1, 0.15) is 24.1 Å². The van der Waals surface area contributed by atoms with E-state index < -0.39 is 0 Å². The van der Waals surface area contributed by atoms with Crippen LogP contribution >= 0.6 is 0 Å². The third-order valence-electron chi connectivity index (χ3n) is 4.07. The predicted octanol–water partition coefficient (Wildman–Crippen LogP) is 2.98. The van der Waals surface area contributed by atoms with Crippen molar-refractivity contribution in [3.63, 3.8) is 0 Å². The minimum Gasteiger partial charge on any atom is -0.432 e. The third-order valence-corrected chi connectivity index (χ3v) is 4.07. The maximum atomic E-state index is 5.92. The molecule has 0 aromatic carbocycles. The van der Waals surface area contributed by atoms with Gasteiger partial charge in [-0.25, -0.2) is 15.0 Å². The van der Waals surface area contributed by atoms with Gasteiger partial charge in [0, 0.05) is 18.8 Å². The SMILES string of the molecule is Cc1cc(C)c2c(n1)oc1c(NC[C@@H]3CCCO3)ncnc12. The van der Waals surface area contributed by atoms with E-state index in [0.717, 1.165) is 48.2 Å². The summed E-state index contributed by atoms with van der Waals surface area (Å²) < 4.78 is 11.6. The van der Waals surface area contributed by atoms with Crippen molar-refractivity contribution in [3.05, 3.63) is 23.7 Å². The van der Waals surface area contributed by atoms with E-state index >= 15 is 0 Å². The largest absolute Gasteiger partial charge is 0.432 e. The molecule has 1 aliphatic heterocycles. The first-order chi connectivity index (χ1) is 10.7. The van der Waals surface area contributed by atoms with E-state index in [4.69, 9.17) is 9.15 Å². The predicted molar refractivity (Wildman–Crippen MR) is 84.0 cm³/mol. The molecular weight excluding hydrogens is 280 g/mol. The Morgan fingerprint density at radius 2 is 2.23 bits per heavy atom. The number of hydrogen-bond acceptors (Lipinski definition) is 6. The van der Waals surface area contributed by atoms with Crippen LogP contribution in [0.15, 0.2) is 16.8 Å². The number of rotatable bonds is 3. The summed E-state index contributed by atoms with van der Waals surface area (Å²) in [6.07, 6.45) is 4.02. The lowest BCUT2D eigenvalue weighted by atomic mass is 10.1. The topological polar surface area (TPSA) is 73.1 Å². The molecule has 1 N–H and O–H groups in total. The van der Waals surface area contributed by atoms with Crippen LogP contribution in [-0.2, 0) is 4.74 Å². The fourth-order valence-corrected chi connectivity index (χ4v) is 3.05. The van der Waals surface area contributed by atoms with Gasteiger partial charge in [-0.1, -0.05) is 0 Å². The molecule has 1 saturated heterocycles. The Bertz CT molecular complexity index is 837. The van der Waals surface area contributed by atoms with Gasteiger partial charge in [0.05, 0.1) is 11.5 Å². The van der Waals surface area contributed by atoms with Crippen molar-refractivity contribution in [1.29, 1.82) is 0 Å². The van der Waals surface area contributed by atoms with Crippen molar-refractivity contribution in [2.75, 3.05) is 18.5 Å². The lowest BCUT2D eigenvalue weighted by Gasteiger charge is -2.10. The molecule has 0 aliphatic carbocycles. The molecule has 3 aromatic heterocycles. The number of aromatic nitrogens is 3. The lowest BCUT2D eigenvalue weighted by molar-refractivity contribution is 0.120. The standard InChI is InChI=1S/C16H18N4O2/c1-9-6-10(2)20-16-12(9)13-14(22-16)15(19-8-18-13)17-7-11-4-3-5-21-11/h6,8,11H,3-5,7H2,1-2H3,(H,17,18,19)/t11-/m0/s1. The Morgan fingerprint density at radius 1 is 1.32 bits per heavy atom. The van der Waals surface area contributed by atoms with Crippen LogP contribution in [0.4, 0.5) is 5.82 Å². The second-order valence-corrected chi connectivity index (χ2v) is 5.78. The van der Waals surface area contributed by atoms with E-state index in [9.17, 15) is 0 Å². The van der Waals surface area contributed by atoms with Gasteiger partial charge in [0.2, 0.25) is 5.71 Å². The van der Waals surface area contributed by atoms with Gasteiger partial charge in [-0.15, -0.1) is 0 Å². The van der Waals surface area contributed by atoms with Gasteiger partial charge >= 0.3 is 0 Å². The zero-order chi connectivity index (χ0) is 15.1. The number of pyridine rings is 1. The highest BCUT2D eigenvalue weighted by Gasteiger charge is 2.19. The molecule has 6 nitrogen and oxygen atoms in total. The summed E-state index contributed by atoms with van der Waals surface area (Å²) in [7, 11) is 0. The molecule has 0 amide bonds. The number of nitrogens with zero attached hydrogens (tertiary/aromatic N) is 3. The van der Waals surface area contributed by atoms with Crippen LogP contribution < -0.4 is 5.32 Å². The molecule has 0 spiro atoms. The Hall–Kier alpha value is -2.21. The van der Waals surface area contributed by atoms with E-state index in [-0.39, 0.29) is 6.10 Å². The molecule has 1 aliphatic rings. The highest BCUT2D eigenvalue weighted by atomic mass is 16.5. The summed E-state index contributed by atoms with van der Waals surface area (Å²) in [4.78, 5) is 13.2. The molecule has 6 heteroatoms. The smallest absolute Gasteiger partial charge is 0.229 e. The monoisotopic (exact) mass is 298 g/mol. The molecule has 4 rings (SSSR count). The number of aryl methyl sites for hydroxylation is 2. The van der Waals surface area contributed by atoms with Crippen LogP contribution in [-0.4, -0.2) is 34.2 Å². The fraction of sp³-hybridized carbons (Fsp3) is 0.438. The van der Waals surface area contributed by atoms with Gasteiger partial charge in [-0.2, -0.15) is 0 Å². The van der Waals surface area contributed by atoms with Crippen LogP contribution in [0.25, 0.3) is 22.2 Å². The molecule has 1 fully saturated rings. The quantitative estimate of drug-likeness (QED) is 0.801. The molecule has 0 saturated carbocycles. The minimum atomic E-state index is 0.247. The van der Waals surface area contributed by atoms with Crippen molar-refractivity contribution in [2.24, 2.45) is 0 Å². The maximum absolute atomic E-state index is 5.92. The molecular formula is C16H18N4O2. The molecule has 0 unspecified atom stereocenters. The first-order valence-electron chi connectivity index (χ1n) is 7.59. The van der Waals surface area contributed by atoms with E-state index in [1.54, 1.807) is 6.33 Å². The number of furan rings is 1. The van der Waals surface area contributed by atoms with Gasteiger partial charge in [-0.05, 0) is 38.3 Å². The molecule has 0 bridgehead atoms. The summed E-state index contributed by atoms with van der Waals surface area (Å²) in [6, 6.07) is 2.04. The summed E-state index contributed by atoms with van der Waals surface area (Å²) in [5.74, 6) is 0.704. The van der Waals surface area contributed by atoms with Gasteiger partial charge in [0.15, 0.2) is 11.4 Å². The highest BCUT2D eigenvalue weighted by molar-refractivity contribution is 6.05. The number of nitrogens with one attached hydrogen (secondary N) is 1. The molecule has 0 radical (unpaired) electrons. The average Bonchev–Trinajstić information content (AvgIpc) is 3.11. The zero-order valence-corrected chi connectivity index (χ0v) is 12.7. The maximum Gasteiger partial charge on any atom is 0.229 e. The van der Waals surface area contributed by atoms with E-state index in [2.05, 4.69) is 20.3 Å². The molecule has 3 aromatic rings. The first-order valence-corrected chi connectivity index (χ1v) is 7.59. The van der Waals surface area contributed by atoms with Crippen molar-refractivity contribution in [2.45, 2.75) is 32.8 Å². The van der Waals surface area contributed by atoms with E-state index in [1.807, 2.05) is 19.9 Å². The fourth-order valence-electron chi connectivity index (χ4n) is 3.05. The number of hydrogen-bond donors (Lipinski definition) is 1. The van der Waals surface area contributed by atoms with E-state index in [1.165, 1.54) is 0 Å². The Labute approximate surface area is 127 Å². The van der Waals surface area contributed by atoms with Crippen molar-refractivity contribution in [1.82, 2.24) is 15.0 Å². The second-order valence-electron chi connectivity index (χ2n) is 5.78. The van der Waals surface area contributed by atoms with Crippen LogP contribution in [0, 0.1) is 13.8 Å². The van der Waals surface area contributed by atoms with Crippen LogP contribution in [0.3, 0.4) is 0 Å². The first kappa shape index (κ1) is 13.5. The lowest BCUT2D eigenvalue weighted by Crippen LogP contribution is -2.19. The van der Waals surface area contributed by atoms with Crippen LogP contribution in [0.5, 0.6) is 0 Å². The zero-order valence-electron chi connectivity index (χ0n) is 12.7. The van der Waals surface area contributed by atoms with Gasteiger partial charge in [0.1, 0.15) is 11.8 Å². The van der Waals surface area contributed by atoms with Crippen molar-refractivity contribution in [3.8, 4) is 0 Å². The van der Waals surface area contributed by atoms with Gasteiger partial charge in [0.25, 0.3) is 0 Å². The summed E-state index contributed by atoms with van der Waals surface area (Å²) in [6.45, 7) is 5.59. The Kier molecular flexibility index (Phi) is 3.18. The van der Waals surface area contributed by atoms with Crippen molar-refractivity contribution < 1.29 is 9.15 Å². The van der Waals surface area contributed by atoms with Crippen molar-refractivity contribution >= 4 is 28.0 Å². The Morgan fingerprint density at radius 3 is 3.05 bits per heavy atom. The van der Waals surface area contributed by atoms with Gasteiger partial charge < -0.3 is 14.5 Å².